The summed E-state index contributed by atoms with van der Waals surface area (Å²) in [5, 5.41) is 11.9. The summed E-state index contributed by atoms with van der Waals surface area (Å²) in [7, 11) is 0. The molecule has 1 aliphatic rings. The van der Waals surface area contributed by atoms with Gasteiger partial charge in [0.15, 0.2) is 0 Å². The minimum absolute atomic E-state index is 0.103. The summed E-state index contributed by atoms with van der Waals surface area (Å²) in [6.07, 6.45) is 4.10. The lowest BCUT2D eigenvalue weighted by Gasteiger charge is -2.34. The molecule has 6 heteroatoms. The molecular formula is C32H32N4O2. The molecule has 1 aromatic heterocycles. The van der Waals surface area contributed by atoms with Gasteiger partial charge in [0.25, 0.3) is 0 Å². The van der Waals surface area contributed by atoms with Gasteiger partial charge in [0.2, 0.25) is 23.4 Å². The molecule has 1 saturated heterocycles. The Morgan fingerprint density at radius 3 is 2.39 bits per heavy atom. The van der Waals surface area contributed by atoms with Crippen molar-refractivity contribution in [2.45, 2.75) is 32.6 Å². The number of carbonyl (C=O) groups excluding carboxylic acids is 1. The van der Waals surface area contributed by atoms with Gasteiger partial charge in [0, 0.05) is 32.3 Å². The lowest BCUT2D eigenvalue weighted by molar-refractivity contribution is -0.130. The van der Waals surface area contributed by atoms with Crippen LogP contribution in [-0.4, -0.2) is 42.0 Å². The van der Waals surface area contributed by atoms with Gasteiger partial charge in [-0.25, -0.2) is 0 Å². The van der Waals surface area contributed by atoms with Crippen molar-refractivity contribution in [3.8, 4) is 6.07 Å². The molecule has 0 saturated carbocycles. The minimum Gasteiger partial charge on any atom is -0.420 e. The third-order valence-corrected chi connectivity index (χ3v) is 7.07. The Kier molecular flexibility index (Phi) is 7.02. The average molecular weight is 505 g/mol. The number of carbonyl (C=O) groups is 1. The number of piperazine rings is 1. The van der Waals surface area contributed by atoms with Gasteiger partial charge in [-0.2, -0.15) is 10.2 Å². The van der Waals surface area contributed by atoms with Crippen LogP contribution in [0, 0.1) is 11.3 Å². The van der Waals surface area contributed by atoms with E-state index in [0.29, 0.717) is 44.4 Å². The molecule has 5 rings (SSSR count). The first kappa shape index (κ1) is 25.3. The van der Waals surface area contributed by atoms with Crippen LogP contribution in [0.15, 0.2) is 71.1 Å². The van der Waals surface area contributed by atoms with Gasteiger partial charge < -0.3 is 14.2 Å². The van der Waals surface area contributed by atoms with E-state index in [-0.39, 0.29) is 17.0 Å². The molecule has 1 amide bonds. The van der Waals surface area contributed by atoms with Crippen LogP contribution in [0.3, 0.4) is 0 Å². The molecule has 6 nitrogen and oxygen atoms in total. The Labute approximate surface area is 223 Å². The molecule has 0 radical (unpaired) electrons. The van der Waals surface area contributed by atoms with Gasteiger partial charge in [0.1, 0.15) is 6.07 Å². The Balaban J connectivity index is 1.23. The number of nitriles is 1. The first-order valence-electron chi connectivity index (χ1n) is 13.0. The van der Waals surface area contributed by atoms with E-state index in [1.807, 2.05) is 40.1 Å². The molecule has 2 heterocycles. The second-order valence-electron chi connectivity index (χ2n) is 10.7. The molecule has 1 aliphatic heterocycles. The topological polar surface area (TPSA) is 73.4 Å². The summed E-state index contributed by atoms with van der Waals surface area (Å²) in [5.41, 5.74) is 3.72. The quantitative estimate of drug-likeness (QED) is 0.330. The molecule has 3 aromatic carbocycles. The fourth-order valence-corrected chi connectivity index (χ4v) is 4.83. The highest BCUT2D eigenvalue weighted by Crippen LogP contribution is 2.26. The number of fused-ring (bicyclic) bond motifs is 1. The molecule has 0 N–H and O–H groups in total. The zero-order valence-electron chi connectivity index (χ0n) is 22.1. The summed E-state index contributed by atoms with van der Waals surface area (Å²) in [6.45, 7) is 8.88. The van der Waals surface area contributed by atoms with Gasteiger partial charge in [0.05, 0.1) is 6.42 Å². The first-order valence-corrected chi connectivity index (χ1v) is 13.0. The van der Waals surface area contributed by atoms with E-state index in [2.05, 4.69) is 74.3 Å². The molecule has 1 fully saturated rings. The van der Waals surface area contributed by atoms with Gasteiger partial charge >= 0.3 is 0 Å². The molecule has 0 unspecified atom stereocenters. The van der Waals surface area contributed by atoms with Crippen molar-refractivity contribution in [3.05, 3.63) is 95.0 Å². The normalized spacial score (nSPS) is 14.3. The van der Waals surface area contributed by atoms with Crippen molar-refractivity contribution in [1.29, 1.82) is 5.26 Å². The maximum Gasteiger partial charge on any atom is 0.235 e. The maximum atomic E-state index is 13.1. The van der Waals surface area contributed by atoms with E-state index in [1.165, 1.54) is 5.56 Å². The molecule has 0 spiro atoms. The fraction of sp³-hybridized carbons (Fsp3) is 0.281. The van der Waals surface area contributed by atoms with Crippen LogP contribution >= 0.6 is 0 Å². The SMILES string of the molecule is CC(C)(C)c1ccc(/C=C/c2nc(C#N)c(N3CCN(C(=O)Cc4cccc5ccccc45)CC3)o2)cc1. The van der Waals surface area contributed by atoms with Crippen LogP contribution in [0.25, 0.3) is 22.9 Å². The Morgan fingerprint density at radius 1 is 0.974 bits per heavy atom. The number of nitrogens with zero attached hydrogens (tertiary/aromatic N) is 4. The van der Waals surface area contributed by atoms with E-state index < -0.39 is 0 Å². The highest BCUT2D eigenvalue weighted by atomic mass is 16.4. The zero-order valence-corrected chi connectivity index (χ0v) is 22.1. The van der Waals surface area contributed by atoms with Crippen LogP contribution in [0.2, 0.25) is 0 Å². The van der Waals surface area contributed by atoms with Gasteiger partial charge in [-0.1, -0.05) is 87.5 Å². The predicted octanol–water partition coefficient (Wildman–Crippen LogP) is 6.06. The van der Waals surface area contributed by atoms with Gasteiger partial charge in [-0.3, -0.25) is 4.79 Å². The summed E-state index contributed by atoms with van der Waals surface area (Å²) in [5.74, 6) is 0.975. The van der Waals surface area contributed by atoms with E-state index >= 15 is 0 Å². The van der Waals surface area contributed by atoms with Gasteiger partial charge in [-0.05, 0) is 39.0 Å². The number of rotatable bonds is 5. The second kappa shape index (κ2) is 10.5. The molecule has 0 atom stereocenters. The lowest BCUT2D eigenvalue weighted by atomic mass is 9.87. The minimum atomic E-state index is 0.103. The molecule has 192 valence electrons. The van der Waals surface area contributed by atoms with Gasteiger partial charge in [-0.15, -0.1) is 0 Å². The third-order valence-electron chi connectivity index (χ3n) is 7.07. The van der Waals surface area contributed by atoms with Crippen molar-refractivity contribution in [1.82, 2.24) is 9.88 Å². The number of anilines is 1. The Hall–Kier alpha value is -4.37. The first-order chi connectivity index (χ1) is 18.3. The van der Waals surface area contributed by atoms with Crippen molar-refractivity contribution in [3.63, 3.8) is 0 Å². The standard InChI is InChI=1S/C32H32N4O2/c1-32(2,3)26-14-11-23(12-15-26)13-16-29-34-28(22-33)31(38-29)36-19-17-35(18-20-36)30(37)21-25-9-6-8-24-7-4-5-10-27(24)25/h4-16H,17-21H2,1-3H3/b16-13+. The van der Waals surface area contributed by atoms with E-state index in [0.717, 1.165) is 21.9 Å². The molecular weight excluding hydrogens is 472 g/mol. The second-order valence-corrected chi connectivity index (χ2v) is 10.7. The number of oxazole rings is 1. The summed E-state index contributed by atoms with van der Waals surface area (Å²) >= 11 is 0. The molecule has 38 heavy (non-hydrogen) atoms. The Morgan fingerprint density at radius 2 is 1.68 bits per heavy atom. The summed E-state index contributed by atoms with van der Waals surface area (Å²) in [4.78, 5) is 21.4. The Bertz CT molecular complexity index is 1510. The molecule has 4 aromatic rings. The average Bonchev–Trinajstić information content (AvgIpc) is 3.35. The molecule has 0 aliphatic carbocycles. The van der Waals surface area contributed by atoms with E-state index in [1.54, 1.807) is 6.08 Å². The summed E-state index contributed by atoms with van der Waals surface area (Å²) in [6, 6.07) is 24.8. The van der Waals surface area contributed by atoms with Crippen LogP contribution in [0.1, 0.15) is 49.0 Å². The fourth-order valence-electron chi connectivity index (χ4n) is 4.83. The maximum absolute atomic E-state index is 13.1. The van der Waals surface area contributed by atoms with Crippen LogP contribution < -0.4 is 4.90 Å². The van der Waals surface area contributed by atoms with Crippen molar-refractivity contribution in [2.75, 3.05) is 31.1 Å². The predicted molar refractivity (Wildman–Crippen MR) is 152 cm³/mol. The smallest absolute Gasteiger partial charge is 0.235 e. The highest BCUT2D eigenvalue weighted by Gasteiger charge is 2.26. The number of amides is 1. The van der Waals surface area contributed by atoms with E-state index in [9.17, 15) is 10.1 Å². The van der Waals surface area contributed by atoms with Crippen LogP contribution in [0.4, 0.5) is 5.88 Å². The van der Waals surface area contributed by atoms with E-state index in [4.69, 9.17) is 4.42 Å². The third kappa shape index (κ3) is 5.47. The number of benzene rings is 3. The zero-order chi connectivity index (χ0) is 26.7. The van der Waals surface area contributed by atoms with Crippen LogP contribution in [0.5, 0.6) is 0 Å². The molecule has 0 bridgehead atoms. The van der Waals surface area contributed by atoms with Crippen LogP contribution in [-0.2, 0) is 16.6 Å². The monoisotopic (exact) mass is 504 g/mol. The lowest BCUT2D eigenvalue weighted by Crippen LogP contribution is -2.49. The number of hydrogen-bond acceptors (Lipinski definition) is 5. The van der Waals surface area contributed by atoms with Crippen molar-refractivity contribution in [2.24, 2.45) is 0 Å². The highest BCUT2D eigenvalue weighted by molar-refractivity contribution is 5.90. The summed E-state index contributed by atoms with van der Waals surface area (Å²) < 4.78 is 5.99. The van der Waals surface area contributed by atoms with Crippen molar-refractivity contribution >= 4 is 34.7 Å². The van der Waals surface area contributed by atoms with Crippen molar-refractivity contribution < 1.29 is 9.21 Å². The number of aromatic nitrogens is 1. The largest absolute Gasteiger partial charge is 0.420 e. The number of hydrogen-bond donors (Lipinski definition) is 0.